The molecule has 0 bridgehead atoms. The fraction of sp³-hybridized carbons (Fsp3) is 0.571. The number of imidazole rings is 1. The second kappa shape index (κ2) is 6.68. The first kappa shape index (κ1) is 18.1. The normalized spacial score (nSPS) is 30.6. The molecule has 1 atom stereocenters. The average molecular weight is 409 g/mol. The number of aliphatic hydroxyl groups excluding tert-OH is 2. The molecule has 3 aliphatic rings. The van der Waals surface area contributed by atoms with Gasteiger partial charge in [0, 0.05) is 25.0 Å². The predicted octanol–water partition coefficient (Wildman–Crippen LogP) is 2.11. The average Bonchev–Trinajstić information content (AvgIpc) is 3.42. The molecule has 1 aliphatic heterocycles. The van der Waals surface area contributed by atoms with E-state index in [-0.39, 0.29) is 18.8 Å². The van der Waals surface area contributed by atoms with Crippen LogP contribution < -0.4 is 10.2 Å². The molecular weight excluding hydrogens is 382 g/mol. The van der Waals surface area contributed by atoms with Crippen molar-refractivity contribution >= 4 is 23.1 Å². The third-order valence-electron chi connectivity index (χ3n) is 7.17. The minimum atomic E-state index is -0.0941. The Morgan fingerprint density at radius 3 is 2.90 bits per heavy atom. The van der Waals surface area contributed by atoms with Crippen molar-refractivity contribution in [3.05, 3.63) is 30.9 Å². The summed E-state index contributed by atoms with van der Waals surface area (Å²) in [6, 6.07) is 4.46. The molecule has 1 saturated heterocycles. The minimum absolute atomic E-state index is 0.0704. The maximum Gasteiger partial charge on any atom is 0.245 e. The number of rotatable bonds is 5. The van der Waals surface area contributed by atoms with Gasteiger partial charge < -0.3 is 25.0 Å². The van der Waals surface area contributed by atoms with Gasteiger partial charge in [-0.1, -0.05) is 0 Å². The lowest BCUT2D eigenvalue weighted by Crippen LogP contribution is -2.50. The van der Waals surface area contributed by atoms with Crippen LogP contribution in [-0.2, 0) is 0 Å². The van der Waals surface area contributed by atoms with Crippen LogP contribution in [0.25, 0.3) is 5.52 Å². The smallest absolute Gasteiger partial charge is 0.245 e. The van der Waals surface area contributed by atoms with Crippen molar-refractivity contribution in [1.29, 1.82) is 0 Å². The zero-order chi connectivity index (χ0) is 20.3. The maximum absolute atomic E-state index is 9.69. The van der Waals surface area contributed by atoms with E-state index in [1.165, 1.54) is 0 Å². The Labute approximate surface area is 174 Å². The summed E-state index contributed by atoms with van der Waals surface area (Å²) >= 11 is 0. The van der Waals surface area contributed by atoms with Gasteiger partial charge in [-0.25, -0.2) is 9.50 Å². The van der Waals surface area contributed by atoms with Crippen LogP contribution in [0.2, 0.25) is 0 Å². The van der Waals surface area contributed by atoms with Gasteiger partial charge in [-0.2, -0.15) is 4.98 Å². The minimum Gasteiger partial charge on any atom is -0.394 e. The molecule has 158 valence electrons. The molecule has 1 spiro atoms. The molecular formula is C21H27N7O2. The summed E-state index contributed by atoms with van der Waals surface area (Å²) in [7, 11) is 0. The molecule has 6 rings (SSSR count). The van der Waals surface area contributed by atoms with E-state index in [1.807, 2.05) is 35.4 Å². The van der Waals surface area contributed by atoms with Crippen molar-refractivity contribution < 1.29 is 10.2 Å². The zero-order valence-corrected chi connectivity index (χ0v) is 16.9. The number of fused-ring (bicyclic) bond motifs is 1. The van der Waals surface area contributed by atoms with Gasteiger partial charge in [-0.15, -0.1) is 5.10 Å². The third-order valence-corrected chi connectivity index (χ3v) is 7.17. The van der Waals surface area contributed by atoms with Gasteiger partial charge in [0.2, 0.25) is 5.95 Å². The summed E-state index contributed by atoms with van der Waals surface area (Å²) in [5, 5.41) is 27.3. The van der Waals surface area contributed by atoms with Crippen LogP contribution >= 0.6 is 0 Å². The van der Waals surface area contributed by atoms with Crippen LogP contribution in [0.1, 0.15) is 44.6 Å². The van der Waals surface area contributed by atoms with Crippen molar-refractivity contribution in [1.82, 2.24) is 24.1 Å². The Morgan fingerprint density at radius 1 is 1.23 bits per heavy atom. The summed E-state index contributed by atoms with van der Waals surface area (Å²) in [6.07, 6.45) is 11.9. The molecule has 9 heteroatoms. The number of aliphatic hydroxyl groups is 2. The monoisotopic (exact) mass is 409 g/mol. The third kappa shape index (κ3) is 2.87. The van der Waals surface area contributed by atoms with E-state index in [1.54, 1.807) is 0 Å². The zero-order valence-electron chi connectivity index (χ0n) is 16.9. The summed E-state index contributed by atoms with van der Waals surface area (Å²) in [5.74, 6) is 2.10. The quantitative estimate of drug-likeness (QED) is 0.593. The van der Waals surface area contributed by atoms with Crippen LogP contribution in [0.4, 0.5) is 17.6 Å². The first-order chi connectivity index (χ1) is 14.6. The van der Waals surface area contributed by atoms with E-state index >= 15 is 0 Å². The van der Waals surface area contributed by atoms with Crippen molar-refractivity contribution in [2.45, 2.75) is 56.7 Å². The van der Waals surface area contributed by atoms with E-state index in [4.69, 9.17) is 4.98 Å². The molecule has 0 radical (unpaired) electrons. The van der Waals surface area contributed by atoms with Crippen molar-refractivity contribution in [2.24, 2.45) is 5.41 Å². The molecule has 0 amide bonds. The Hall–Kier alpha value is -2.65. The first-order valence-electron chi connectivity index (χ1n) is 10.8. The molecule has 0 aromatic carbocycles. The van der Waals surface area contributed by atoms with Crippen molar-refractivity contribution in [2.75, 3.05) is 23.4 Å². The lowest BCUT2D eigenvalue weighted by Gasteiger charge is -2.56. The number of aromatic nitrogens is 5. The maximum atomic E-state index is 9.69. The van der Waals surface area contributed by atoms with Gasteiger partial charge in [-0.3, -0.25) is 0 Å². The number of hydrogen-bond donors (Lipinski definition) is 3. The Morgan fingerprint density at radius 2 is 2.10 bits per heavy atom. The summed E-state index contributed by atoms with van der Waals surface area (Å²) < 4.78 is 4.00. The van der Waals surface area contributed by atoms with Crippen LogP contribution in [0.3, 0.4) is 0 Å². The topological polar surface area (TPSA) is 104 Å². The highest BCUT2D eigenvalue weighted by molar-refractivity contribution is 5.73. The fourth-order valence-corrected chi connectivity index (χ4v) is 5.57. The summed E-state index contributed by atoms with van der Waals surface area (Å²) in [6.45, 7) is 0.963. The number of hydrogen-bond acceptors (Lipinski definition) is 7. The molecule has 1 unspecified atom stereocenters. The van der Waals surface area contributed by atoms with E-state index in [0.29, 0.717) is 23.2 Å². The second-order valence-corrected chi connectivity index (χ2v) is 9.23. The molecule has 9 nitrogen and oxygen atoms in total. The van der Waals surface area contributed by atoms with Crippen LogP contribution in [0, 0.1) is 5.41 Å². The molecule has 30 heavy (non-hydrogen) atoms. The summed E-state index contributed by atoms with van der Waals surface area (Å²) in [5.41, 5.74) is 1.26. The fourth-order valence-electron chi connectivity index (χ4n) is 5.57. The van der Waals surface area contributed by atoms with E-state index < -0.39 is 0 Å². The highest BCUT2D eigenvalue weighted by Crippen LogP contribution is 2.60. The molecule has 2 aliphatic carbocycles. The first-order valence-corrected chi connectivity index (χ1v) is 10.8. The molecule has 3 aromatic rings. The molecule has 2 saturated carbocycles. The Balaban J connectivity index is 1.23. The molecule has 3 aromatic heterocycles. The number of nitrogens with one attached hydrogen (secondary N) is 1. The largest absolute Gasteiger partial charge is 0.394 e. The Kier molecular flexibility index (Phi) is 4.04. The van der Waals surface area contributed by atoms with Crippen molar-refractivity contribution in [3.8, 4) is 0 Å². The lowest BCUT2D eigenvalue weighted by atomic mass is 9.53. The van der Waals surface area contributed by atoms with Crippen LogP contribution in [-0.4, -0.2) is 59.7 Å². The van der Waals surface area contributed by atoms with Gasteiger partial charge in [0.1, 0.15) is 11.3 Å². The van der Waals surface area contributed by atoms with E-state index in [2.05, 4.69) is 24.9 Å². The van der Waals surface area contributed by atoms with Crippen LogP contribution in [0.5, 0.6) is 0 Å². The molecule has 4 heterocycles. The Bertz CT molecular complexity index is 1060. The van der Waals surface area contributed by atoms with E-state index in [9.17, 15) is 10.2 Å². The predicted molar refractivity (Wildman–Crippen MR) is 112 cm³/mol. The van der Waals surface area contributed by atoms with Crippen LogP contribution in [0.15, 0.2) is 30.9 Å². The van der Waals surface area contributed by atoms with Gasteiger partial charge in [0.05, 0.1) is 25.1 Å². The molecule has 3 N–H and O–H groups in total. The van der Waals surface area contributed by atoms with Gasteiger partial charge in [-0.05, 0) is 56.1 Å². The number of nitrogens with zero attached hydrogens (tertiary/aromatic N) is 6. The summed E-state index contributed by atoms with van der Waals surface area (Å²) in [4.78, 5) is 11.4. The second-order valence-electron chi connectivity index (χ2n) is 9.23. The SMILES string of the molecule is OCC1CCCN1c1nc(Nc2cn(C3CC4(CC(O)C4)C3)cn2)c2cccn2n1. The number of anilines is 3. The highest BCUT2D eigenvalue weighted by Gasteiger charge is 2.52. The van der Waals surface area contributed by atoms with Gasteiger partial charge in [0.25, 0.3) is 0 Å². The van der Waals surface area contributed by atoms with Crippen molar-refractivity contribution in [3.63, 3.8) is 0 Å². The molecule has 3 fully saturated rings. The van der Waals surface area contributed by atoms with Gasteiger partial charge in [0.15, 0.2) is 5.82 Å². The van der Waals surface area contributed by atoms with E-state index in [0.717, 1.165) is 56.4 Å². The lowest BCUT2D eigenvalue weighted by molar-refractivity contribution is -0.106. The van der Waals surface area contributed by atoms with Gasteiger partial charge >= 0.3 is 0 Å². The highest BCUT2D eigenvalue weighted by atomic mass is 16.3. The standard InChI is InChI=1S/C21H27N7O2/c29-12-14-3-1-5-27(14)20-24-19(17-4-2-6-28(17)25-20)23-18-11-26(13-22-18)15-7-21(8-15)9-16(30)10-21/h2,4,6,11,13-16,29-30H,1,3,5,7-10,12H2,(H,23,24,25).